The average Bonchev–Trinajstić information content (AvgIpc) is 3.38. The first kappa shape index (κ1) is 24.2. The molecule has 1 saturated carbocycles. The summed E-state index contributed by atoms with van der Waals surface area (Å²) in [6, 6.07) is 5.82. The highest BCUT2D eigenvalue weighted by molar-refractivity contribution is 7.07. The Morgan fingerprint density at radius 1 is 0.914 bits per heavy atom. The van der Waals surface area contributed by atoms with Crippen molar-refractivity contribution >= 4 is 23.2 Å². The van der Waals surface area contributed by atoms with Gasteiger partial charge in [-0.25, -0.2) is 4.98 Å². The summed E-state index contributed by atoms with van der Waals surface area (Å²) in [7, 11) is 0. The molecule has 0 N–H and O–H groups in total. The Morgan fingerprint density at radius 3 is 2.14 bits per heavy atom. The maximum absolute atomic E-state index is 13.0. The van der Waals surface area contributed by atoms with Crippen LogP contribution in [-0.4, -0.2) is 76.8 Å². The molecule has 6 nitrogen and oxygen atoms in total. The molecule has 35 heavy (non-hydrogen) atoms. The second-order valence-corrected chi connectivity index (χ2v) is 10.5. The summed E-state index contributed by atoms with van der Waals surface area (Å²) in [5, 5.41) is 1.78. The molecule has 5 rings (SSSR count). The SMILES string of the molecule is O=C(c1cscn1)N1CCN(C2CN(C(=O)C3CCC(c4ccc(C(F)(F)F)cc4)CC3)C2)CC1. The normalized spacial score (nSPS) is 24.3. The third-order valence-corrected chi connectivity index (χ3v) is 8.32. The molecule has 3 heterocycles. The Morgan fingerprint density at radius 2 is 1.57 bits per heavy atom. The van der Waals surface area contributed by atoms with Crippen LogP contribution >= 0.6 is 11.3 Å². The van der Waals surface area contributed by atoms with Crippen LogP contribution in [0.15, 0.2) is 35.2 Å². The zero-order chi connectivity index (χ0) is 24.6. The molecule has 1 aliphatic carbocycles. The van der Waals surface area contributed by atoms with Gasteiger partial charge in [-0.2, -0.15) is 13.2 Å². The number of carbonyl (C=O) groups excluding carboxylic acids is 2. The van der Waals surface area contributed by atoms with Crippen molar-refractivity contribution in [2.75, 3.05) is 39.3 Å². The molecule has 2 saturated heterocycles. The molecule has 0 spiro atoms. The Balaban J connectivity index is 1.04. The van der Waals surface area contributed by atoms with E-state index in [1.807, 2.05) is 9.80 Å². The smallest absolute Gasteiger partial charge is 0.339 e. The summed E-state index contributed by atoms with van der Waals surface area (Å²) >= 11 is 1.42. The number of alkyl halides is 3. The number of carbonyl (C=O) groups is 2. The number of nitrogens with zero attached hydrogens (tertiary/aromatic N) is 4. The maximum Gasteiger partial charge on any atom is 0.416 e. The first-order chi connectivity index (χ1) is 16.8. The number of thiazole rings is 1. The van der Waals surface area contributed by atoms with Crippen LogP contribution in [0.1, 0.15) is 53.2 Å². The largest absolute Gasteiger partial charge is 0.416 e. The molecule has 188 valence electrons. The van der Waals surface area contributed by atoms with Gasteiger partial charge in [0.25, 0.3) is 5.91 Å². The van der Waals surface area contributed by atoms with Crippen LogP contribution in [0.3, 0.4) is 0 Å². The predicted molar refractivity (Wildman–Crippen MR) is 126 cm³/mol. The van der Waals surface area contributed by atoms with Crippen LogP contribution in [0.4, 0.5) is 13.2 Å². The minimum Gasteiger partial charge on any atom is -0.339 e. The number of aromatic nitrogens is 1. The molecular weight excluding hydrogens is 477 g/mol. The zero-order valence-corrected chi connectivity index (χ0v) is 20.2. The van der Waals surface area contributed by atoms with Crippen molar-refractivity contribution in [3.05, 3.63) is 52.0 Å². The Hall–Kier alpha value is -2.46. The van der Waals surface area contributed by atoms with E-state index in [4.69, 9.17) is 0 Å². The first-order valence-electron chi connectivity index (χ1n) is 12.2. The van der Waals surface area contributed by atoms with E-state index in [0.717, 1.165) is 69.6 Å². The lowest BCUT2D eigenvalue weighted by atomic mass is 9.77. The quantitative estimate of drug-likeness (QED) is 0.627. The minimum atomic E-state index is -4.32. The molecule has 2 aliphatic heterocycles. The van der Waals surface area contributed by atoms with Gasteiger partial charge in [0.1, 0.15) is 5.69 Å². The number of likely N-dealkylation sites (tertiary alicyclic amines) is 1. The lowest BCUT2D eigenvalue weighted by molar-refractivity contribution is -0.144. The third kappa shape index (κ3) is 5.23. The number of halogens is 3. The van der Waals surface area contributed by atoms with E-state index in [2.05, 4.69) is 9.88 Å². The highest BCUT2D eigenvalue weighted by Crippen LogP contribution is 2.38. The van der Waals surface area contributed by atoms with Crippen molar-refractivity contribution < 1.29 is 22.8 Å². The van der Waals surface area contributed by atoms with E-state index in [0.29, 0.717) is 24.8 Å². The van der Waals surface area contributed by atoms with Gasteiger partial charge >= 0.3 is 6.18 Å². The van der Waals surface area contributed by atoms with E-state index in [1.54, 1.807) is 23.0 Å². The number of rotatable bonds is 4. The maximum atomic E-state index is 13.0. The van der Waals surface area contributed by atoms with E-state index < -0.39 is 11.7 Å². The second kappa shape index (κ2) is 9.89. The van der Waals surface area contributed by atoms with Gasteiger partial charge < -0.3 is 9.80 Å². The van der Waals surface area contributed by atoms with Crippen LogP contribution in [0.25, 0.3) is 0 Å². The van der Waals surface area contributed by atoms with Crippen LogP contribution < -0.4 is 0 Å². The van der Waals surface area contributed by atoms with Gasteiger partial charge in [-0.15, -0.1) is 11.3 Å². The third-order valence-electron chi connectivity index (χ3n) is 7.73. The van der Waals surface area contributed by atoms with Gasteiger partial charge in [0.2, 0.25) is 5.91 Å². The minimum absolute atomic E-state index is 0.00854. The molecular formula is C25H29F3N4O2S. The Bertz CT molecular complexity index is 1020. The van der Waals surface area contributed by atoms with Crippen LogP contribution in [-0.2, 0) is 11.0 Å². The van der Waals surface area contributed by atoms with Gasteiger partial charge in [0.15, 0.2) is 0 Å². The van der Waals surface area contributed by atoms with Crippen molar-refractivity contribution in [1.82, 2.24) is 19.7 Å². The summed E-state index contributed by atoms with van der Waals surface area (Å²) in [6.07, 6.45) is -1.10. The number of hydrogen-bond donors (Lipinski definition) is 0. The highest BCUT2D eigenvalue weighted by Gasteiger charge is 2.40. The predicted octanol–water partition coefficient (Wildman–Crippen LogP) is 4.10. The molecule has 0 unspecified atom stereocenters. The topological polar surface area (TPSA) is 56.8 Å². The summed E-state index contributed by atoms with van der Waals surface area (Å²) in [6.45, 7) is 4.43. The lowest BCUT2D eigenvalue weighted by Gasteiger charge is -2.49. The van der Waals surface area contributed by atoms with E-state index in [1.165, 1.54) is 11.3 Å². The highest BCUT2D eigenvalue weighted by atomic mass is 32.1. The van der Waals surface area contributed by atoms with Gasteiger partial charge in [0, 0.05) is 56.6 Å². The van der Waals surface area contributed by atoms with E-state index in [-0.39, 0.29) is 23.7 Å². The van der Waals surface area contributed by atoms with Crippen LogP contribution in [0.2, 0.25) is 0 Å². The molecule has 0 atom stereocenters. The molecule has 0 bridgehead atoms. The molecule has 10 heteroatoms. The fourth-order valence-corrected chi connectivity index (χ4v) is 6.04. The molecule has 1 aromatic carbocycles. The second-order valence-electron chi connectivity index (χ2n) is 9.77. The number of amides is 2. The number of hydrogen-bond acceptors (Lipinski definition) is 5. The molecule has 3 aliphatic rings. The Kier molecular flexibility index (Phi) is 6.85. The van der Waals surface area contributed by atoms with Crippen molar-refractivity contribution in [3.63, 3.8) is 0 Å². The van der Waals surface area contributed by atoms with E-state index in [9.17, 15) is 22.8 Å². The summed E-state index contributed by atoms with van der Waals surface area (Å²) < 4.78 is 38.4. The molecule has 2 amide bonds. The first-order valence-corrected chi connectivity index (χ1v) is 13.1. The van der Waals surface area contributed by atoms with Gasteiger partial charge in [-0.3, -0.25) is 14.5 Å². The van der Waals surface area contributed by atoms with Crippen molar-refractivity contribution in [2.24, 2.45) is 5.92 Å². The Labute approximate surface area is 206 Å². The summed E-state index contributed by atoms with van der Waals surface area (Å²) in [4.78, 5) is 35.7. The fourth-order valence-electron chi connectivity index (χ4n) is 5.51. The molecule has 0 radical (unpaired) electrons. The van der Waals surface area contributed by atoms with Crippen molar-refractivity contribution in [2.45, 2.75) is 43.8 Å². The summed E-state index contributed by atoms with van der Waals surface area (Å²) in [5.74, 6) is 0.427. The number of piperazine rings is 1. The van der Waals surface area contributed by atoms with Gasteiger partial charge in [-0.05, 0) is 49.3 Å². The van der Waals surface area contributed by atoms with Gasteiger partial charge in [-0.1, -0.05) is 12.1 Å². The van der Waals surface area contributed by atoms with Crippen LogP contribution in [0, 0.1) is 5.92 Å². The summed E-state index contributed by atoms with van der Waals surface area (Å²) in [5.41, 5.74) is 2.49. The number of benzene rings is 1. The zero-order valence-electron chi connectivity index (χ0n) is 19.4. The molecule has 2 aromatic rings. The monoisotopic (exact) mass is 506 g/mol. The molecule has 1 aromatic heterocycles. The van der Waals surface area contributed by atoms with Gasteiger partial charge in [0.05, 0.1) is 11.1 Å². The lowest BCUT2D eigenvalue weighted by Crippen LogP contribution is -2.65. The average molecular weight is 507 g/mol. The van der Waals surface area contributed by atoms with Crippen molar-refractivity contribution in [1.29, 1.82) is 0 Å². The van der Waals surface area contributed by atoms with Crippen LogP contribution in [0.5, 0.6) is 0 Å². The standard InChI is InChI=1S/C25H29F3N4O2S/c26-25(27,28)20-7-5-18(6-8-20)17-1-3-19(4-2-17)23(33)32-13-21(14-32)30-9-11-31(12-10-30)24(34)22-15-35-16-29-22/h5-8,15-17,19,21H,1-4,9-14H2. The van der Waals surface area contributed by atoms with Crippen molar-refractivity contribution in [3.8, 4) is 0 Å². The fraction of sp³-hybridized carbons (Fsp3) is 0.560. The van der Waals surface area contributed by atoms with E-state index >= 15 is 0 Å². The molecule has 3 fully saturated rings.